The summed E-state index contributed by atoms with van der Waals surface area (Å²) in [7, 11) is -6.54. The van der Waals surface area contributed by atoms with Gasteiger partial charge in [0.2, 0.25) is 0 Å². The molecule has 256 valence electrons. The molecule has 0 radical (unpaired) electrons. The minimum absolute atomic E-state index is 0.0106. The minimum Gasteiger partial charge on any atom is -0.467 e. The Bertz CT molecular complexity index is 2690. The molecule has 5 aromatic rings. The van der Waals surface area contributed by atoms with Crippen LogP contribution in [-0.2, 0) is 28.5 Å². The maximum Gasteiger partial charge on any atom is 0.346 e. The maximum absolute atomic E-state index is 17.2. The number of hydrogen-bond donors (Lipinski definition) is 0. The molecular weight excluding hydrogens is 710 g/mol. The van der Waals surface area contributed by atoms with E-state index in [1.165, 1.54) is 12.1 Å². The van der Waals surface area contributed by atoms with Gasteiger partial charge in [0.15, 0.2) is 4.90 Å². The number of carbonyl (C=O) groups is 4. The summed E-state index contributed by atoms with van der Waals surface area (Å²) in [6, 6.07) is 34.8. The van der Waals surface area contributed by atoms with E-state index in [2.05, 4.69) is 0 Å². The first-order valence-electron chi connectivity index (χ1n) is 16.7. The van der Waals surface area contributed by atoms with E-state index in [9.17, 15) is 19.2 Å². The van der Waals surface area contributed by atoms with Gasteiger partial charge in [-0.2, -0.15) is 0 Å². The lowest BCUT2D eigenvalue weighted by Gasteiger charge is -2.49. The molecular formula is C42H24O9P2. The van der Waals surface area contributed by atoms with Crippen LogP contribution in [-0.4, -0.2) is 23.9 Å². The lowest BCUT2D eigenvalue weighted by atomic mass is 9.96. The van der Waals surface area contributed by atoms with Crippen LogP contribution >= 0.6 is 15.5 Å². The van der Waals surface area contributed by atoms with Gasteiger partial charge in [-0.1, -0.05) is 97.1 Å². The summed E-state index contributed by atoms with van der Waals surface area (Å²) in [5.74, 6) is -2.25. The SMILES string of the molecule is O=C1OC(=O)C2=CCC(C(c3ccc4c(c3)C(=O)OC4=O)(P3Oc4ccccc4-c4ccccc43)P3(=O)Oc4ccccc4-c4ccccc43)=CC=C12. The molecule has 3 atom stereocenters. The fourth-order valence-corrected chi connectivity index (χ4v) is 14.9. The Hall–Kier alpha value is -6.14. The first kappa shape index (κ1) is 31.6. The molecule has 53 heavy (non-hydrogen) atoms. The van der Waals surface area contributed by atoms with Crippen LogP contribution in [0.5, 0.6) is 11.5 Å². The number of para-hydroxylation sites is 2. The van der Waals surface area contributed by atoms with E-state index in [-0.39, 0.29) is 28.7 Å². The summed E-state index contributed by atoms with van der Waals surface area (Å²) in [4.78, 5) is 50.1. The highest BCUT2D eigenvalue weighted by molar-refractivity contribution is 7.83. The molecule has 0 bridgehead atoms. The topological polar surface area (TPSA) is 122 Å². The highest BCUT2D eigenvalue weighted by Gasteiger charge is 2.65. The average molecular weight is 735 g/mol. The molecule has 3 unspecified atom stereocenters. The van der Waals surface area contributed by atoms with Gasteiger partial charge >= 0.3 is 23.9 Å². The fraction of sp³-hybridized carbons (Fsp3) is 0.0476. The Morgan fingerprint density at radius 2 is 1.19 bits per heavy atom. The third-order valence-electron chi connectivity index (χ3n) is 10.2. The Labute approximate surface area is 303 Å². The molecule has 0 spiro atoms. The zero-order chi connectivity index (χ0) is 36.1. The van der Waals surface area contributed by atoms with Crippen molar-refractivity contribution in [2.75, 3.05) is 0 Å². The summed E-state index contributed by atoms with van der Waals surface area (Å²) >= 11 is 0. The van der Waals surface area contributed by atoms with E-state index in [4.69, 9.17) is 18.5 Å². The van der Waals surface area contributed by atoms with Crippen LogP contribution in [0.2, 0.25) is 0 Å². The molecule has 1 saturated heterocycles. The van der Waals surface area contributed by atoms with E-state index in [0.717, 1.165) is 22.0 Å². The standard InChI is InChI=1S/C42H24O9P2/c43-38-30-20-17-24(18-21-31(30)39(44)48-38)42(25-19-22-32-33(23-25)41(46)49-40(32)45,52-36-15-7-3-11-28(36)26-9-1-5-13-34(26)50-52)53(47)37-16-8-4-12-29(37)27-10-2-6-14-35(27)51-53/h1-17,19-23H,18H2. The second-order valence-electron chi connectivity index (χ2n) is 12.9. The molecule has 9 nitrogen and oxygen atoms in total. The van der Waals surface area contributed by atoms with Crippen molar-refractivity contribution < 1.29 is 42.3 Å². The summed E-state index contributed by atoms with van der Waals surface area (Å²) in [5, 5.41) is 1.16. The van der Waals surface area contributed by atoms with Gasteiger partial charge in [-0.15, -0.1) is 0 Å². The highest BCUT2D eigenvalue weighted by atomic mass is 31.2. The largest absolute Gasteiger partial charge is 0.467 e. The van der Waals surface area contributed by atoms with Crippen molar-refractivity contribution in [2.45, 2.75) is 11.3 Å². The first-order chi connectivity index (χ1) is 25.8. The Kier molecular flexibility index (Phi) is 6.81. The molecule has 0 saturated carbocycles. The van der Waals surface area contributed by atoms with E-state index >= 15 is 4.57 Å². The summed E-state index contributed by atoms with van der Waals surface area (Å²) in [5.41, 5.74) is 4.25. The Balaban J connectivity index is 1.37. The van der Waals surface area contributed by atoms with Gasteiger partial charge in [-0.05, 0) is 65.1 Å². The van der Waals surface area contributed by atoms with Crippen LogP contribution in [0.3, 0.4) is 0 Å². The average Bonchev–Trinajstić information content (AvgIpc) is 3.50. The van der Waals surface area contributed by atoms with Gasteiger partial charge in [0.25, 0.3) is 7.37 Å². The van der Waals surface area contributed by atoms with Crippen LogP contribution in [0.15, 0.2) is 150 Å². The van der Waals surface area contributed by atoms with Gasteiger partial charge in [0.05, 0.1) is 27.6 Å². The number of carbonyl (C=O) groups excluding carboxylic acids is 4. The Morgan fingerprint density at radius 3 is 2.00 bits per heavy atom. The molecule has 0 N–H and O–H groups in total. The van der Waals surface area contributed by atoms with Crippen molar-refractivity contribution in [1.82, 2.24) is 0 Å². The molecule has 5 aromatic carbocycles. The summed E-state index contributed by atoms with van der Waals surface area (Å²) < 4.78 is 41.3. The van der Waals surface area contributed by atoms with E-state index < -0.39 is 44.3 Å². The van der Waals surface area contributed by atoms with Crippen LogP contribution in [0.1, 0.15) is 32.7 Å². The second kappa shape index (κ2) is 11.4. The predicted octanol–water partition coefficient (Wildman–Crippen LogP) is 7.86. The molecule has 11 heteroatoms. The number of fused-ring (bicyclic) bond motifs is 8. The minimum atomic E-state index is -4.40. The van der Waals surface area contributed by atoms with E-state index in [1.807, 2.05) is 78.9 Å². The number of esters is 4. The number of cyclic esters (lactones) is 4. The second-order valence-corrected chi connectivity index (χ2v) is 17.7. The molecule has 10 rings (SSSR count). The number of allylic oxidation sites excluding steroid dienone is 4. The van der Waals surface area contributed by atoms with Crippen molar-refractivity contribution in [3.8, 4) is 33.8 Å². The fourth-order valence-electron chi connectivity index (χ4n) is 7.89. The maximum atomic E-state index is 17.2. The predicted molar refractivity (Wildman–Crippen MR) is 197 cm³/mol. The molecule has 1 aliphatic carbocycles. The quantitative estimate of drug-likeness (QED) is 0.103. The number of ether oxygens (including phenoxy) is 2. The van der Waals surface area contributed by atoms with Crippen LogP contribution in [0.4, 0.5) is 0 Å². The van der Waals surface area contributed by atoms with Crippen molar-refractivity contribution in [3.05, 3.63) is 167 Å². The molecule has 5 aliphatic rings. The van der Waals surface area contributed by atoms with Gasteiger partial charge in [-0.25, -0.2) is 19.2 Å². The van der Waals surface area contributed by atoms with Gasteiger partial charge in [0.1, 0.15) is 19.6 Å². The van der Waals surface area contributed by atoms with Crippen molar-refractivity contribution >= 4 is 50.0 Å². The van der Waals surface area contributed by atoms with Gasteiger partial charge in [0, 0.05) is 16.4 Å². The van der Waals surface area contributed by atoms with E-state index in [1.54, 1.807) is 42.5 Å². The lowest BCUT2D eigenvalue weighted by molar-refractivity contribution is -0.149. The molecule has 4 aliphatic heterocycles. The number of rotatable bonds is 4. The van der Waals surface area contributed by atoms with Crippen molar-refractivity contribution in [3.63, 3.8) is 0 Å². The van der Waals surface area contributed by atoms with Crippen molar-refractivity contribution in [1.29, 1.82) is 0 Å². The number of hydrogen-bond acceptors (Lipinski definition) is 9. The van der Waals surface area contributed by atoms with Crippen LogP contribution in [0, 0.1) is 0 Å². The van der Waals surface area contributed by atoms with Crippen LogP contribution < -0.4 is 19.7 Å². The summed E-state index contributed by atoms with van der Waals surface area (Å²) in [6.45, 7) is 0. The zero-order valence-corrected chi connectivity index (χ0v) is 29.3. The monoisotopic (exact) mass is 734 g/mol. The lowest BCUT2D eigenvalue weighted by Crippen LogP contribution is -2.40. The highest BCUT2D eigenvalue weighted by Crippen LogP contribution is 2.82. The van der Waals surface area contributed by atoms with Crippen molar-refractivity contribution in [2.24, 2.45) is 0 Å². The zero-order valence-electron chi connectivity index (χ0n) is 27.5. The molecule has 4 heterocycles. The van der Waals surface area contributed by atoms with Gasteiger partial charge < -0.3 is 18.5 Å². The smallest absolute Gasteiger partial charge is 0.346 e. The Morgan fingerprint density at radius 1 is 0.566 bits per heavy atom. The summed E-state index contributed by atoms with van der Waals surface area (Å²) in [6.07, 6.45) is 4.82. The molecule has 1 fully saturated rings. The third-order valence-corrected chi connectivity index (χ3v) is 16.8. The first-order valence-corrected chi connectivity index (χ1v) is 19.6. The third kappa shape index (κ3) is 4.32. The molecule has 0 amide bonds. The van der Waals surface area contributed by atoms with E-state index in [0.29, 0.717) is 33.5 Å². The number of benzene rings is 5. The van der Waals surface area contributed by atoms with Crippen LogP contribution in [0.25, 0.3) is 22.3 Å². The normalized spacial score (nSPS) is 21.6. The van der Waals surface area contributed by atoms with Gasteiger partial charge in [-0.3, -0.25) is 4.57 Å². The molecule has 0 aromatic heterocycles.